The zero-order valence-corrected chi connectivity index (χ0v) is 10.1. The minimum Gasteiger partial charge on any atom is -0.282 e. The van der Waals surface area contributed by atoms with Gasteiger partial charge in [0.25, 0.3) is 0 Å². The largest absolute Gasteiger partial charge is 0.282 e. The quantitative estimate of drug-likeness (QED) is 0.518. The number of rotatable bonds is 1. The van der Waals surface area contributed by atoms with Gasteiger partial charge in [0.15, 0.2) is 5.82 Å². The molecule has 2 heterocycles. The van der Waals surface area contributed by atoms with Crippen molar-refractivity contribution in [3.05, 3.63) is 61.1 Å². The third kappa shape index (κ3) is 1.57. The molecule has 0 bridgehead atoms. The molecule has 0 unspecified atom stereocenters. The fourth-order valence-electron chi connectivity index (χ4n) is 2.21. The van der Waals surface area contributed by atoms with Crippen LogP contribution >= 0.6 is 0 Å². The number of fused-ring (bicyclic) bond motifs is 2. The third-order valence-electron chi connectivity index (χ3n) is 3.14. The average Bonchev–Trinajstić information content (AvgIpc) is 2.91. The Morgan fingerprint density at radius 2 is 1.47 bits per heavy atom. The number of nitrogens with zero attached hydrogens (tertiary/aromatic N) is 4. The van der Waals surface area contributed by atoms with Crippen molar-refractivity contribution in [2.75, 3.05) is 0 Å². The lowest BCUT2D eigenvalue weighted by Gasteiger charge is -2.04. The molecule has 4 aromatic rings. The third-order valence-corrected chi connectivity index (χ3v) is 3.14. The second-order valence-corrected chi connectivity index (χ2v) is 4.32. The van der Waals surface area contributed by atoms with Crippen LogP contribution in [0.1, 0.15) is 0 Å². The Balaban J connectivity index is 1.99. The first-order valence-electron chi connectivity index (χ1n) is 6.06. The standard InChI is InChI=1S/C15H10N4/c1-2-6-12-11(5-1)16-9-15(18-12)19-10-17-13-7-3-4-8-14(13)19/h1-10H. The van der Waals surface area contributed by atoms with Gasteiger partial charge in [0.05, 0.1) is 28.3 Å². The van der Waals surface area contributed by atoms with E-state index in [0.29, 0.717) is 0 Å². The zero-order chi connectivity index (χ0) is 12.7. The predicted octanol–water partition coefficient (Wildman–Crippen LogP) is 2.97. The molecule has 0 aliphatic heterocycles. The van der Waals surface area contributed by atoms with Crippen molar-refractivity contribution in [3.8, 4) is 5.82 Å². The van der Waals surface area contributed by atoms with Crippen LogP contribution in [0.25, 0.3) is 27.9 Å². The Morgan fingerprint density at radius 1 is 0.737 bits per heavy atom. The van der Waals surface area contributed by atoms with E-state index in [1.807, 2.05) is 53.1 Å². The van der Waals surface area contributed by atoms with Crippen molar-refractivity contribution in [2.45, 2.75) is 0 Å². The van der Waals surface area contributed by atoms with Gasteiger partial charge in [-0.15, -0.1) is 0 Å². The first-order chi connectivity index (χ1) is 9.42. The van der Waals surface area contributed by atoms with Crippen LogP contribution in [0.15, 0.2) is 61.1 Å². The summed E-state index contributed by atoms with van der Waals surface area (Å²) in [6.45, 7) is 0. The van der Waals surface area contributed by atoms with E-state index >= 15 is 0 Å². The molecule has 0 aliphatic carbocycles. The number of para-hydroxylation sites is 4. The maximum atomic E-state index is 4.63. The molecule has 0 saturated carbocycles. The van der Waals surface area contributed by atoms with Gasteiger partial charge >= 0.3 is 0 Å². The van der Waals surface area contributed by atoms with Crippen LogP contribution in [0.4, 0.5) is 0 Å². The summed E-state index contributed by atoms with van der Waals surface area (Å²) in [5, 5.41) is 0. The second kappa shape index (κ2) is 3.88. The lowest BCUT2D eigenvalue weighted by molar-refractivity contribution is 1.02. The summed E-state index contributed by atoms with van der Waals surface area (Å²) in [7, 11) is 0. The predicted molar refractivity (Wildman–Crippen MR) is 74.2 cm³/mol. The molecule has 4 nitrogen and oxygen atoms in total. The van der Waals surface area contributed by atoms with Crippen LogP contribution in [0.5, 0.6) is 0 Å². The summed E-state index contributed by atoms with van der Waals surface area (Å²) in [4.78, 5) is 13.4. The Labute approximate surface area is 109 Å². The van der Waals surface area contributed by atoms with Gasteiger partial charge in [0, 0.05) is 0 Å². The highest BCUT2D eigenvalue weighted by Crippen LogP contribution is 2.17. The topological polar surface area (TPSA) is 43.6 Å². The van der Waals surface area contributed by atoms with Gasteiger partial charge in [-0.25, -0.2) is 9.97 Å². The summed E-state index contributed by atoms with van der Waals surface area (Å²) in [5.41, 5.74) is 3.78. The van der Waals surface area contributed by atoms with E-state index in [1.54, 1.807) is 12.5 Å². The molecule has 2 aromatic carbocycles. The van der Waals surface area contributed by atoms with Gasteiger partial charge in [-0.1, -0.05) is 24.3 Å². The summed E-state index contributed by atoms with van der Waals surface area (Å²) < 4.78 is 1.95. The van der Waals surface area contributed by atoms with E-state index in [4.69, 9.17) is 0 Å². The lowest BCUT2D eigenvalue weighted by Crippen LogP contribution is -1.97. The second-order valence-electron chi connectivity index (χ2n) is 4.32. The van der Waals surface area contributed by atoms with Crippen LogP contribution in [0.2, 0.25) is 0 Å². The van der Waals surface area contributed by atoms with Gasteiger partial charge in [0.1, 0.15) is 6.33 Å². The molecule has 2 aromatic heterocycles. The zero-order valence-electron chi connectivity index (χ0n) is 10.1. The summed E-state index contributed by atoms with van der Waals surface area (Å²) in [5.74, 6) is 0.785. The van der Waals surface area contributed by atoms with Crippen molar-refractivity contribution in [1.82, 2.24) is 19.5 Å². The molecule has 0 fully saturated rings. The van der Waals surface area contributed by atoms with Gasteiger partial charge in [-0.3, -0.25) is 9.55 Å². The van der Waals surface area contributed by atoms with Crippen LogP contribution in [-0.2, 0) is 0 Å². The number of hydrogen-bond acceptors (Lipinski definition) is 3. The van der Waals surface area contributed by atoms with Crippen molar-refractivity contribution in [3.63, 3.8) is 0 Å². The average molecular weight is 246 g/mol. The van der Waals surface area contributed by atoms with E-state index in [2.05, 4.69) is 15.0 Å². The Bertz CT molecular complexity index is 879. The van der Waals surface area contributed by atoms with Gasteiger partial charge < -0.3 is 0 Å². The molecular formula is C15H10N4. The normalized spacial score (nSPS) is 11.2. The molecule has 4 rings (SSSR count). The van der Waals surface area contributed by atoms with Crippen molar-refractivity contribution >= 4 is 22.1 Å². The highest BCUT2D eigenvalue weighted by Gasteiger charge is 2.06. The number of hydrogen-bond donors (Lipinski definition) is 0. The summed E-state index contributed by atoms with van der Waals surface area (Å²) >= 11 is 0. The van der Waals surface area contributed by atoms with Crippen molar-refractivity contribution < 1.29 is 0 Å². The minimum atomic E-state index is 0.785. The molecule has 0 spiro atoms. The van der Waals surface area contributed by atoms with Crippen molar-refractivity contribution in [1.29, 1.82) is 0 Å². The molecule has 0 radical (unpaired) electrons. The Kier molecular flexibility index (Phi) is 2.08. The van der Waals surface area contributed by atoms with Gasteiger partial charge in [0.2, 0.25) is 0 Å². The number of imidazole rings is 1. The molecule has 4 heteroatoms. The summed E-state index contributed by atoms with van der Waals surface area (Å²) in [6.07, 6.45) is 3.56. The molecule has 0 aliphatic rings. The van der Waals surface area contributed by atoms with Crippen LogP contribution < -0.4 is 0 Å². The maximum absolute atomic E-state index is 4.63. The summed E-state index contributed by atoms with van der Waals surface area (Å²) in [6, 6.07) is 15.8. The fraction of sp³-hybridized carbons (Fsp3) is 0. The first kappa shape index (κ1) is 10.2. The van der Waals surface area contributed by atoms with E-state index in [-0.39, 0.29) is 0 Å². The van der Waals surface area contributed by atoms with Gasteiger partial charge in [-0.2, -0.15) is 0 Å². The first-order valence-corrected chi connectivity index (χ1v) is 6.06. The smallest absolute Gasteiger partial charge is 0.157 e. The van der Waals surface area contributed by atoms with Crippen LogP contribution in [0.3, 0.4) is 0 Å². The van der Waals surface area contributed by atoms with E-state index in [1.165, 1.54) is 0 Å². The fourth-order valence-corrected chi connectivity index (χ4v) is 2.21. The molecular weight excluding hydrogens is 236 g/mol. The minimum absolute atomic E-state index is 0.785. The maximum Gasteiger partial charge on any atom is 0.157 e. The molecule has 0 N–H and O–H groups in total. The van der Waals surface area contributed by atoms with Gasteiger partial charge in [-0.05, 0) is 24.3 Å². The molecule has 0 amide bonds. The SMILES string of the molecule is c1ccc2nc(-n3cnc4ccccc43)cnc2c1. The molecule has 90 valence electrons. The van der Waals surface area contributed by atoms with E-state index in [9.17, 15) is 0 Å². The van der Waals surface area contributed by atoms with Crippen molar-refractivity contribution in [2.24, 2.45) is 0 Å². The highest BCUT2D eigenvalue weighted by molar-refractivity contribution is 5.78. The lowest BCUT2D eigenvalue weighted by atomic mass is 10.3. The Hall–Kier alpha value is -2.75. The highest BCUT2D eigenvalue weighted by atomic mass is 15.1. The van der Waals surface area contributed by atoms with Crippen LogP contribution in [0, 0.1) is 0 Å². The van der Waals surface area contributed by atoms with E-state index in [0.717, 1.165) is 27.9 Å². The molecule has 0 atom stereocenters. The van der Waals surface area contributed by atoms with Crippen LogP contribution in [-0.4, -0.2) is 19.5 Å². The van der Waals surface area contributed by atoms with E-state index < -0.39 is 0 Å². The molecule has 0 saturated heterocycles. The molecule has 19 heavy (non-hydrogen) atoms. The Morgan fingerprint density at radius 3 is 2.37 bits per heavy atom. The number of benzene rings is 2. The number of aromatic nitrogens is 4. The monoisotopic (exact) mass is 246 g/mol.